The number of hydrogen-bond donors (Lipinski definition) is 0. The van der Waals surface area contributed by atoms with E-state index in [1.807, 2.05) is 0 Å². The van der Waals surface area contributed by atoms with E-state index in [0.717, 1.165) is 19.3 Å². The zero-order valence-electron chi connectivity index (χ0n) is 8.91. The molecule has 0 N–H and O–H groups in total. The molecule has 0 amide bonds. The van der Waals surface area contributed by atoms with E-state index in [4.69, 9.17) is 10.5 Å². The number of nitrogens with zero attached hydrogens (tertiary/aromatic N) is 2. The molecule has 1 saturated carbocycles. The molecular formula is C12H16N2O. The van der Waals surface area contributed by atoms with Gasteiger partial charge in [0.2, 0.25) is 0 Å². The molecule has 0 aromatic heterocycles. The molecule has 1 aliphatic rings. The van der Waals surface area contributed by atoms with E-state index in [2.05, 4.69) is 12.1 Å². The SMILES string of the molecule is N#CCC[C@@H]1CCC[C@H](CCC#N)C1=O. The van der Waals surface area contributed by atoms with Crippen molar-refractivity contribution >= 4 is 5.78 Å². The normalized spacial score (nSPS) is 25.6. The summed E-state index contributed by atoms with van der Waals surface area (Å²) in [5.74, 6) is 0.468. The van der Waals surface area contributed by atoms with E-state index in [1.54, 1.807) is 0 Å². The number of carbonyl (C=O) groups excluding carboxylic acids is 1. The van der Waals surface area contributed by atoms with E-state index in [1.165, 1.54) is 0 Å². The summed E-state index contributed by atoms with van der Waals surface area (Å²) >= 11 is 0. The van der Waals surface area contributed by atoms with Crippen molar-refractivity contribution < 1.29 is 4.79 Å². The molecule has 0 aromatic rings. The van der Waals surface area contributed by atoms with Crippen LogP contribution in [-0.2, 0) is 4.79 Å². The van der Waals surface area contributed by atoms with Crippen LogP contribution in [-0.4, -0.2) is 5.78 Å². The fraction of sp³-hybridized carbons (Fsp3) is 0.750. The van der Waals surface area contributed by atoms with Gasteiger partial charge < -0.3 is 0 Å². The van der Waals surface area contributed by atoms with Crippen molar-refractivity contribution in [3.05, 3.63) is 0 Å². The molecule has 2 atom stereocenters. The number of nitriles is 2. The first-order chi connectivity index (χ1) is 7.29. The van der Waals surface area contributed by atoms with Crippen LogP contribution >= 0.6 is 0 Å². The molecule has 0 radical (unpaired) electrons. The lowest BCUT2D eigenvalue weighted by Crippen LogP contribution is -2.28. The highest BCUT2D eigenvalue weighted by Crippen LogP contribution is 2.31. The minimum absolute atomic E-state index is 0.0853. The summed E-state index contributed by atoms with van der Waals surface area (Å²) in [6.45, 7) is 0. The van der Waals surface area contributed by atoms with E-state index in [0.29, 0.717) is 31.5 Å². The van der Waals surface area contributed by atoms with Gasteiger partial charge in [-0.25, -0.2) is 0 Å². The minimum atomic E-state index is 0.0853. The quantitative estimate of drug-likeness (QED) is 0.706. The summed E-state index contributed by atoms with van der Waals surface area (Å²) < 4.78 is 0. The van der Waals surface area contributed by atoms with E-state index < -0.39 is 0 Å². The predicted octanol–water partition coefficient (Wildman–Crippen LogP) is 2.58. The van der Waals surface area contributed by atoms with Crippen molar-refractivity contribution in [2.75, 3.05) is 0 Å². The molecule has 1 rings (SSSR count). The molecule has 1 aliphatic carbocycles. The number of ketones is 1. The van der Waals surface area contributed by atoms with Gasteiger partial charge in [-0.05, 0) is 25.7 Å². The first kappa shape index (κ1) is 11.7. The van der Waals surface area contributed by atoms with Crippen molar-refractivity contribution in [3.8, 4) is 12.1 Å². The number of carbonyl (C=O) groups is 1. The molecule has 80 valence electrons. The zero-order chi connectivity index (χ0) is 11.1. The average molecular weight is 204 g/mol. The molecule has 0 bridgehead atoms. The van der Waals surface area contributed by atoms with Crippen LogP contribution in [0.25, 0.3) is 0 Å². The Balaban J connectivity index is 2.45. The summed E-state index contributed by atoms with van der Waals surface area (Å²) in [6, 6.07) is 4.18. The zero-order valence-corrected chi connectivity index (χ0v) is 8.91. The maximum Gasteiger partial charge on any atom is 0.139 e. The van der Waals surface area contributed by atoms with Gasteiger partial charge in [-0.15, -0.1) is 0 Å². The van der Waals surface area contributed by atoms with Crippen LogP contribution in [0.1, 0.15) is 44.9 Å². The third-order valence-corrected chi connectivity index (χ3v) is 3.12. The Kier molecular flexibility index (Phi) is 4.84. The van der Waals surface area contributed by atoms with Crippen LogP contribution in [0.3, 0.4) is 0 Å². The molecule has 1 fully saturated rings. The van der Waals surface area contributed by atoms with Gasteiger partial charge >= 0.3 is 0 Å². The molecule has 3 nitrogen and oxygen atoms in total. The topological polar surface area (TPSA) is 64.7 Å². The fourth-order valence-corrected chi connectivity index (χ4v) is 2.28. The molecule has 3 heteroatoms. The Morgan fingerprint density at radius 1 is 1.07 bits per heavy atom. The lowest BCUT2D eigenvalue weighted by atomic mass is 9.76. The van der Waals surface area contributed by atoms with Gasteiger partial charge in [0.1, 0.15) is 5.78 Å². The molecule has 15 heavy (non-hydrogen) atoms. The van der Waals surface area contributed by atoms with Crippen molar-refractivity contribution in [2.24, 2.45) is 11.8 Å². The largest absolute Gasteiger partial charge is 0.299 e. The van der Waals surface area contributed by atoms with Crippen LogP contribution in [0.2, 0.25) is 0 Å². The molecule has 0 aromatic carbocycles. The van der Waals surface area contributed by atoms with E-state index in [9.17, 15) is 4.79 Å². The smallest absolute Gasteiger partial charge is 0.139 e. The van der Waals surface area contributed by atoms with Gasteiger partial charge in [0.25, 0.3) is 0 Å². The lowest BCUT2D eigenvalue weighted by molar-refractivity contribution is -0.129. The number of hydrogen-bond acceptors (Lipinski definition) is 3. The first-order valence-electron chi connectivity index (χ1n) is 5.57. The van der Waals surface area contributed by atoms with E-state index >= 15 is 0 Å². The Morgan fingerprint density at radius 3 is 1.93 bits per heavy atom. The van der Waals surface area contributed by atoms with Crippen LogP contribution in [0.4, 0.5) is 0 Å². The first-order valence-corrected chi connectivity index (χ1v) is 5.57. The highest BCUT2D eigenvalue weighted by molar-refractivity contribution is 5.84. The Labute approximate surface area is 90.7 Å². The molecule has 0 saturated heterocycles. The average Bonchev–Trinajstić information content (AvgIpc) is 2.26. The van der Waals surface area contributed by atoms with Crippen LogP contribution in [0.5, 0.6) is 0 Å². The summed E-state index contributed by atoms with van der Waals surface area (Å²) in [4.78, 5) is 11.9. The second-order valence-electron chi connectivity index (χ2n) is 4.12. The molecule has 0 heterocycles. The highest BCUT2D eigenvalue weighted by atomic mass is 16.1. The van der Waals surface area contributed by atoms with Crippen LogP contribution < -0.4 is 0 Å². The van der Waals surface area contributed by atoms with E-state index in [-0.39, 0.29) is 11.8 Å². The molecule has 0 aliphatic heterocycles. The highest BCUT2D eigenvalue weighted by Gasteiger charge is 2.30. The summed E-state index contributed by atoms with van der Waals surface area (Å²) in [6.07, 6.45) is 5.30. The summed E-state index contributed by atoms with van der Waals surface area (Å²) in [5, 5.41) is 17.0. The summed E-state index contributed by atoms with van der Waals surface area (Å²) in [5.41, 5.74) is 0. The third kappa shape index (κ3) is 3.36. The maximum absolute atomic E-state index is 11.9. The van der Waals surface area contributed by atoms with Crippen molar-refractivity contribution in [1.82, 2.24) is 0 Å². The molecule has 0 unspecified atom stereocenters. The lowest BCUT2D eigenvalue weighted by Gasteiger charge is -2.26. The summed E-state index contributed by atoms with van der Waals surface area (Å²) in [7, 11) is 0. The second kappa shape index (κ2) is 6.19. The maximum atomic E-state index is 11.9. The second-order valence-corrected chi connectivity index (χ2v) is 4.12. The third-order valence-electron chi connectivity index (χ3n) is 3.12. The minimum Gasteiger partial charge on any atom is -0.299 e. The number of rotatable bonds is 4. The van der Waals surface area contributed by atoms with Gasteiger partial charge in [0.15, 0.2) is 0 Å². The van der Waals surface area contributed by atoms with Gasteiger partial charge in [-0.1, -0.05) is 6.42 Å². The van der Waals surface area contributed by atoms with Crippen LogP contribution in [0.15, 0.2) is 0 Å². The number of Topliss-reactive ketones (excluding diaryl/α,β-unsaturated/α-hetero) is 1. The van der Waals surface area contributed by atoms with Gasteiger partial charge in [-0.2, -0.15) is 10.5 Å². The standard InChI is InChI=1S/C12H16N2O/c13-8-2-6-10-4-1-5-11(12(10)15)7-3-9-14/h10-11H,1-7H2/t10-,11+. The monoisotopic (exact) mass is 204 g/mol. The van der Waals surface area contributed by atoms with Crippen molar-refractivity contribution in [1.29, 1.82) is 10.5 Å². The van der Waals surface area contributed by atoms with Crippen LogP contribution in [0, 0.1) is 34.5 Å². The Bertz CT molecular complexity index is 270. The Morgan fingerprint density at radius 2 is 1.53 bits per heavy atom. The van der Waals surface area contributed by atoms with Gasteiger partial charge in [0, 0.05) is 24.7 Å². The van der Waals surface area contributed by atoms with Gasteiger partial charge in [0.05, 0.1) is 12.1 Å². The van der Waals surface area contributed by atoms with Crippen molar-refractivity contribution in [2.45, 2.75) is 44.9 Å². The Hall–Kier alpha value is -1.35. The van der Waals surface area contributed by atoms with Gasteiger partial charge in [-0.3, -0.25) is 4.79 Å². The predicted molar refractivity (Wildman–Crippen MR) is 55.5 cm³/mol. The molecular weight excluding hydrogens is 188 g/mol. The molecule has 0 spiro atoms. The fourth-order valence-electron chi connectivity index (χ4n) is 2.28. The van der Waals surface area contributed by atoms with Crippen molar-refractivity contribution in [3.63, 3.8) is 0 Å².